The Bertz CT molecular complexity index is 656. The van der Waals surface area contributed by atoms with Crippen LogP contribution in [0.15, 0.2) is 39.2 Å². The van der Waals surface area contributed by atoms with E-state index in [-0.39, 0.29) is 0 Å². The molecule has 0 fully saturated rings. The second-order valence-electron chi connectivity index (χ2n) is 4.26. The number of hydrogen-bond donors (Lipinski definition) is 0. The zero-order valence-electron chi connectivity index (χ0n) is 10.5. The molecule has 0 bridgehead atoms. The van der Waals surface area contributed by atoms with Gasteiger partial charge in [-0.1, -0.05) is 15.9 Å². The van der Waals surface area contributed by atoms with Crippen molar-refractivity contribution in [2.75, 3.05) is 0 Å². The number of hydrogen-bond acceptors (Lipinski definition) is 2. The summed E-state index contributed by atoms with van der Waals surface area (Å²) in [6.07, 6.45) is 2.82. The van der Waals surface area contributed by atoms with E-state index >= 15 is 0 Å². The molecule has 19 heavy (non-hydrogen) atoms. The topological polar surface area (TPSA) is 30.2 Å². The van der Waals surface area contributed by atoms with Crippen LogP contribution in [-0.2, 0) is 4.79 Å². The van der Waals surface area contributed by atoms with E-state index in [1.807, 2.05) is 26.0 Å². The van der Waals surface area contributed by atoms with Crippen LogP contribution in [0.25, 0.3) is 17.4 Å². The van der Waals surface area contributed by atoms with Gasteiger partial charge in [0.1, 0.15) is 11.5 Å². The first-order valence-electron chi connectivity index (χ1n) is 5.72. The first-order chi connectivity index (χ1) is 8.97. The Morgan fingerprint density at radius 3 is 2.68 bits per heavy atom. The maximum atomic E-state index is 10.7. The number of carbonyl (C=O) groups excluding carboxylic acids is 1. The van der Waals surface area contributed by atoms with Crippen LogP contribution >= 0.6 is 27.5 Å². The zero-order valence-corrected chi connectivity index (χ0v) is 12.9. The quantitative estimate of drug-likeness (QED) is 0.575. The lowest BCUT2D eigenvalue weighted by atomic mass is 10.0. The van der Waals surface area contributed by atoms with Crippen molar-refractivity contribution in [2.45, 2.75) is 13.8 Å². The van der Waals surface area contributed by atoms with Gasteiger partial charge in [0.2, 0.25) is 5.24 Å². The summed E-state index contributed by atoms with van der Waals surface area (Å²) < 4.78 is 6.76. The molecule has 0 aliphatic carbocycles. The van der Waals surface area contributed by atoms with E-state index in [4.69, 9.17) is 16.0 Å². The summed E-state index contributed by atoms with van der Waals surface area (Å²) in [5, 5.41) is -0.520. The molecule has 0 saturated heterocycles. The van der Waals surface area contributed by atoms with Crippen LogP contribution in [0.2, 0.25) is 0 Å². The largest absolute Gasteiger partial charge is 0.457 e. The molecule has 0 amide bonds. The van der Waals surface area contributed by atoms with Gasteiger partial charge in [0.25, 0.3) is 0 Å². The summed E-state index contributed by atoms with van der Waals surface area (Å²) in [6, 6.07) is 7.82. The monoisotopic (exact) mass is 338 g/mol. The summed E-state index contributed by atoms with van der Waals surface area (Å²) in [6.45, 7) is 4.06. The summed E-state index contributed by atoms with van der Waals surface area (Å²) in [5.74, 6) is 1.37. The molecular weight excluding hydrogens is 328 g/mol. The zero-order chi connectivity index (χ0) is 14.0. The first kappa shape index (κ1) is 14.1. The number of furan rings is 1. The number of benzene rings is 1. The van der Waals surface area contributed by atoms with Crippen molar-refractivity contribution in [3.63, 3.8) is 0 Å². The SMILES string of the molecule is Cc1cc(-c2ccc(/C=C/C(=O)Cl)o2)c(C)cc1Br. The van der Waals surface area contributed by atoms with Gasteiger partial charge in [0.15, 0.2) is 0 Å². The lowest BCUT2D eigenvalue weighted by molar-refractivity contribution is -0.107. The lowest BCUT2D eigenvalue weighted by Crippen LogP contribution is -1.85. The van der Waals surface area contributed by atoms with Gasteiger partial charge in [-0.2, -0.15) is 0 Å². The lowest BCUT2D eigenvalue weighted by Gasteiger charge is -2.06. The molecule has 98 valence electrons. The minimum Gasteiger partial charge on any atom is -0.457 e. The van der Waals surface area contributed by atoms with E-state index in [0.717, 1.165) is 26.9 Å². The molecule has 0 spiro atoms. The van der Waals surface area contributed by atoms with Crippen molar-refractivity contribution in [3.8, 4) is 11.3 Å². The van der Waals surface area contributed by atoms with Crippen molar-refractivity contribution in [1.82, 2.24) is 0 Å². The van der Waals surface area contributed by atoms with Crippen molar-refractivity contribution in [3.05, 3.63) is 51.7 Å². The standard InChI is InChI=1S/C15H12BrClO2/c1-9-8-13(16)10(2)7-12(9)14-5-3-11(19-14)4-6-15(17)18/h3-8H,1-2H3/b6-4+. The second-order valence-corrected chi connectivity index (χ2v) is 5.48. The van der Waals surface area contributed by atoms with E-state index in [9.17, 15) is 4.79 Å². The third-order valence-corrected chi connectivity index (χ3v) is 3.76. The predicted octanol–water partition coefficient (Wildman–Crippen LogP) is 5.10. The third-order valence-electron chi connectivity index (χ3n) is 2.78. The maximum Gasteiger partial charge on any atom is 0.245 e. The summed E-state index contributed by atoms with van der Waals surface area (Å²) in [7, 11) is 0. The fraction of sp³-hybridized carbons (Fsp3) is 0.133. The molecular formula is C15H12BrClO2. The summed E-state index contributed by atoms with van der Waals surface area (Å²) in [4.78, 5) is 10.7. The number of carbonyl (C=O) groups is 1. The van der Waals surface area contributed by atoms with Crippen LogP contribution in [0.1, 0.15) is 16.9 Å². The first-order valence-corrected chi connectivity index (χ1v) is 6.89. The molecule has 4 heteroatoms. The van der Waals surface area contributed by atoms with Crippen molar-refractivity contribution >= 4 is 38.8 Å². The highest BCUT2D eigenvalue weighted by atomic mass is 79.9. The molecule has 2 aromatic rings. The molecule has 0 atom stereocenters. The highest BCUT2D eigenvalue weighted by Gasteiger charge is 2.09. The normalized spacial score (nSPS) is 11.2. The maximum absolute atomic E-state index is 10.7. The van der Waals surface area contributed by atoms with Gasteiger partial charge in [0.05, 0.1) is 0 Å². The highest BCUT2D eigenvalue weighted by molar-refractivity contribution is 9.10. The molecule has 0 radical (unpaired) electrons. The van der Waals surface area contributed by atoms with E-state index in [2.05, 4.69) is 28.1 Å². The summed E-state index contributed by atoms with van der Waals surface area (Å²) >= 11 is 8.75. The van der Waals surface area contributed by atoms with Crippen LogP contribution in [0.3, 0.4) is 0 Å². The molecule has 1 aromatic heterocycles. The minimum absolute atomic E-state index is 0.520. The Labute approximate surface area is 125 Å². The Balaban J connectivity index is 2.38. The van der Waals surface area contributed by atoms with Crippen molar-refractivity contribution in [2.24, 2.45) is 0 Å². The van der Waals surface area contributed by atoms with Crippen molar-refractivity contribution < 1.29 is 9.21 Å². The predicted molar refractivity (Wildman–Crippen MR) is 81.2 cm³/mol. The average Bonchev–Trinajstić information content (AvgIpc) is 2.80. The van der Waals surface area contributed by atoms with Crippen LogP contribution in [0.4, 0.5) is 0 Å². The number of halogens is 2. The van der Waals surface area contributed by atoms with E-state index in [1.165, 1.54) is 6.08 Å². The Morgan fingerprint density at radius 2 is 2.00 bits per heavy atom. The van der Waals surface area contributed by atoms with Crippen LogP contribution in [-0.4, -0.2) is 5.24 Å². The Hall–Kier alpha value is -1.32. The van der Waals surface area contributed by atoms with Crippen LogP contribution in [0, 0.1) is 13.8 Å². The fourth-order valence-corrected chi connectivity index (χ4v) is 2.30. The average molecular weight is 340 g/mol. The van der Waals surface area contributed by atoms with Crippen LogP contribution in [0.5, 0.6) is 0 Å². The van der Waals surface area contributed by atoms with Gasteiger partial charge in [-0.05, 0) is 66.9 Å². The molecule has 0 unspecified atom stereocenters. The van der Waals surface area contributed by atoms with Gasteiger partial charge < -0.3 is 4.42 Å². The van der Waals surface area contributed by atoms with E-state index in [0.29, 0.717) is 5.76 Å². The second kappa shape index (κ2) is 5.76. The molecule has 0 N–H and O–H groups in total. The third kappa shape index (κ3) is 3.37. The highest BCUT2D eigenvalue weighted by Crippen LogP contribution is 2.30. The van der Waals surface area contributed by atoms with Gasteiger partial charge in [0, 0.05) is 16.1 Å². The van der Waals surface area contributed by atoms with Gasteiger partial charge in [-0.15, -0.1) is 0 Å². The molecule has 0 aliphatic rings. The van der Waals surface area contributed by atoms with Gasteiger partial charge in [-0.3, -0.25) is 4.79 Å². The van der Waals surface area contributed by atoms with Crippen LogP contribution < -0.4 is 0 Å². The summed E-state index contributed by atoms with van der Waals surface area (Å²) in [5.41, 5.74) is 3.30. The molecule has 0 saturated carbocycles. The number of rotatable bonds is 3. The molecule has 1 aromatic carbocycles. The minimum atomic E-state index is -0.520. The Kier molecular flexibility index (Phi) is 4.27. The van der Waals surface area contributed by atoms with E-state index < -0.39 is 5.24 Å². The van der Waals surface area contributed by atoms with Gasteiger partial charge in [-0.25, -0.2) is 0 Å². The molecule has 2 rings (SSSR count). The van der Waals surface area contributed by atoms with Crippen molar-refractivity contribution in [1.29, 1.82) is 0 Å². The van der Waals surface area contributed by atoms with E-state index in [1.54, 1.807) is 6.08 Å². The molecule has 1 heterocycles. The Morgan fingerprint density at radius 1 is 1.26 bits per heavy atom. The number of aryl methyl sites for hydroxylation is 2. The molecule has 0 aliphatic heterocycles. The molecule has 2 nitrogen and oxygen atoms in total. The van der Waals surface area contributed by atoms with Gasteiger partial charge >= 0.3 is 0 Å². The number of allylic oxidation sites excluding steroid dienone is 1. The fourth-order valence-electron chi connectivity index (χ4n) is 1.78. The smallest absolute Gasteiger partial charge is 0.245 e.